The summed E-state index contributed by atoms with van der Waals surface area (Å²) in [4.78, 5) is 14.0. The molecule has 6 heteroatoms. The molecular formula is C20H22NO4P. The summed E-state index contributed by atoms with van der Waals surface area (Å²) in [5.41, 5.74) is 1.72. The Morgan fingerprint density at radius 2 is 1.62 bits per heavy atom. The van der Waals surface area contributed by atoms with Crippen molar-refractivity contribution in [2.75, 3.05) is 19.1 Å². The second kappa shape index (κ2) is 7.58. The summed E-state index contributed by atoms with van der Waals surface area (Å²) in [7, 11) is -0.823. The van der Waals surface area contributed by atoms with Gasteiger partial charge in [-0.1, -0.05) is 60.7 Å². The van der Waals surface area contributed by atoms with E-state index in [4.69, 9.17) is 9.05 Å². The molecule has 0 aliphatic carbocycles. The molecule has 0 aromatic heterocycles. The normalized spacial score (nSPS) is 20.4. The number of anilines is 1. The highest BCUT2D eigenvalue weighted by molar-refractivity contribution is 7.56. The Hall–Kier alpha value is -2.20. The quantitative estimate of drug-likeness (QED) is 0.522. The van der Waals surface area contributed by atoms with Crippen LogP contribution in [0.5, 0.6) is 0 Å². The summed E-state index contributed by atoms with van der Waals surface area (Å²) in [6.45, 7) is 0. The maximum Gasteiger partial charge on any atom is 0.356 e. The van der Waals surface area contributed by atoms with Crippen LogP contribution in [-0.4, -0.2) is 25.4 Å². The van der Waals surface area contributed by atoms with Crippen LogP contribution >= 0.6 is 7.60 Å². The minimum absolute atomic E-state index is 0.0985. The van der Waals surface area contributed by atoms with Crippen molar-refractivity contribution in [1.29, 1.82) is 0 Å². The Balaban J connectivity index is 1.97. The lowest BCUT2D eigenvalue weighted by atomic mass is 9.95. The highest BCUT2D eigenvalue weighted by atomic mass is 31.2. The van der Waals surface area contributed by atoms with Crippen LogP contribution in [0, 0.1) is 0 Å². The van der Waals surface area contributed by atoms with Gasteiger partial charge in [-0.05, 0) is 17.7 Å². The largest absolute Gasteiger partial charge is 0.356 e. The van der Waals surface area contributed by atoms with Gasteiger partial charge in [0.05, 0.1) is 6.42 Å². The van der Waals surface area contributed by atoms with Crippen molar-refractivity contribution in [3.05, 3.63) is 72.3 Å². The summed E-state index contributed by atoms with van der Waals surface area (Å²) in [6.07, 6.45) is 4.34. The fraction of sp³-hybridized carbons (Fsp3) is 0.250. The fourth-order valence-corrected chi connectivity index (χ4v) is 5.32. The van der Waals surface area contributed by atoms with Gasteiger partial charge in [0.25, 0.3) is 0 Å². The third kappa shape index (κ3) is 3.14. The summed E-state index contributed by atoms with van der Waals surface area (Å²) in [5, 5.41) is -1.04. The first kappa shape index (κ1) is 18.6. The number of nitrogens with zero attached hydrogens (tertiary/aromatic N) is 1. The molecule has 2 aromatic carbocycles. The zero-order valence-electron chi connectivity index (χ0n) is 14.9. The number of rotatable bonds is 7. The van der Waals surface area contributed by atoms with Gasteiger partial charge in [-0.25, -0.2) is 0 Å². The van der Waals surface area contributed by atoms with Gasteiger partial charge < -0.3 is 9.05 Å². The SMILES string of the molecule is COP(=O)(OC)C1(C/C=C/c2ccccc2)CC(=O)N1c1ccccc1. The van der Waals surface area contributed by atoms with Gasteiger partial charge in [-0.15, -0.1) is 0 Å². The standard InChI is InChI=1S/C20H22NO4P/c1-24-26(23,25-2)20(15-9-12-17-10-5-3-6-11-17)16-19(22)21(20)18-13-7-4-8-14-18/h3-14H,15-16H2,1-2H3/b12-9+. The first-order valence-electron chi connectivity index (χ1n) is 8.38. The van der Waals surface area contributed by atoms with E-state index < -0.39 is 12.9 Å². The minimum atomic E-state index is -3.54. The Morgan fingerprint density at radius 3 is 2.15 bits per heavy atom. The van der Waals surface area contributed by atoms with Crippen LogP contribution in [0.1, 0.15) is 18.4 Å². The number of β-lactam (4-membered cyclic amide) rings is 1. The van der Waals surface area contributed by atoms with E-state index >= 15 is 0 Å². The van der Waals surface area contributed by atoms with Crippen molar-refractivity contribution in [3.8, 4) is 0 Å². The van der Waals surface area contributed by atoms with E-state index in [9.17, 15) is 9.36 Å². The molecular weight excluding hydrogens is 349 g/mol. The average Bonchev–Trinajstić information content (AvgIpc) is 2.67. The van der Waals surface area contributed by atoms with Crippen molar-refractivity contribution in [3.63, 3.8) is 0 Å². The Morgan fingerprint density at radius 1 is 1.04 bits per heavy atom. The average molecular weight is 371 g/mol. The van der Waals surface area contributed by atoms with Crippen molar-refractivity contribution in [2.24, 2.45) is 0 Å². The molecule has 2 aromatic rings. The third-order valence-electron chi connectivity index (χ3n) is 4.66. The number of hydrogen-bond acceptors (Lipinski definition) is 4. The molecule has 0 radical (unpaired) electrons. The van der Waals surface area contributed by atoms with Crippen LogP contribution < -0.4 is 4.90 Å². The molecule has 26 heavy (non-hydrogen) atoms. The first-order chi connectivity index (χ1) is 12.6. The molecule has 0 spiro atoms. The van der Waals surface area contributed by atoms with E-state index in [2.05, 4.69) is 0 Å². The molecule has 1 aliphatic heterocycles. The van der Waals surface area contributed by atoms with Crippen molar-refractivity contribution >= 4 is 25.3 Å². The van der Waals surface area contributed by atoms with Crippen molar-refractivity contribution < 1.29 is 18.4 Å². The van der Waals surface area contributed by atoms with Crippen LogP contribution in [0.15, 0.2) is 66.7 Å². The Bertz CT molecular complexity index is 829. The van der Waals surface area contributed by atoms with E-state index in [-0.39, 0.29) is 12.3 Å². The third-order valence-corrected chi connectivity index (χ3v) is 7.18. The zero-order chi connectivity index (χ0) is 18.6. The highest BCUT2D eigenvalue weighted by Gasteiger charge is 2.64. The summed E-state index contributed by atoms with van der Waals surface area (Å²) in [5.74, 6) is -0.0985. The summed E-state index contributed by atoms with van der Waals surface area (Å²) in [6, 6.07) is 19.0. The Kier molecular flexibility index (Phi) is 5.42. The van der Waals surface area contributed by atoms with Crippen LogP contribution in [-0.2, 0) is 18.4 Å². The van der Waals surface area contributed by atoms with Crippen LogP contribution in [0.25, 0.3) is 6.08 Å². The van der Waals surface area contributed by atoms with Gasteiger partial charge in [-0.2, -0.15) is 0 Å². The minimum Gasteiger partial charge on any atom is -0.310 e. The molecule has 1 unspecified atom stereocenters. The van der Waals surface area contributed by atoms with E-state index in [0.29, 0.717) is 12.1 Å². The van der Waals surface area contributed by atoms with Gasteiger partial charge in [0.15, 0.2) is 5.28 Å². The molecule has 0 N–H and O–H groups in total. The molecule has 136 valence electrons. The zero-order valence-corrected chi connectivity index (χ0v) is 15.8. The number of para-hydroxylation sites is 1. The van der Waals surface area contributed by atoms with Gasteiger partial charge in [-0.3, -0.25) is 14.3 Å². The number of carbonyl (C=O) groups excluding carboxylic acids is 1. The molecule has 1 saturated heterocycles. The lowest BCUT2D eigenvalue weighted by Gasteiger charge is -2.52. The molecule has 3 rings (SSSR count). The van der Waals surface area contributed by atoms with E-state index in [0.717, 1.165) is 5.56 Å². The lowest BCUT2D eigenvalue weighted by molar-refractivity contribution is -0.125. The molecule has 0 bridgehead atoms. The van der Waals surface area contributed by atoms with Gasteiger partial charge in [0, 0.05) is 26.3 Å². The smallest absolute Gasteiger partial charge is 0.310 e. The van der Waals surface area contributed by atoms with Crippen LogP contribution in [0.3, 0.4) is 0 Å². The number of benzene rings is 2. The Labute approximate surface area is 153 Å². The maximum atomic E-state index is 13.4. The molecule has 0 saturated carbocycles. The van der Waals surface area contributed by atoms with Crippen LogP contribution in [0.4, 0.5) is 5.69 Å². The van der Waals surface area contributed by atoms with Gasteiger partial charge >= 0.3 is 7.60 Å². The monoisotopic (exact) mass is 371 g/mol. The maximum absolute atomic E-state index is 13.4. The molecule has 5 nitrogen and oxygen atoms in total. The highest BCUT2D eigenvalue weighted by Crippen LogP contribution is 2.68. The van der Waals surface area contributed by atoms with E-state index in [1.807, 2.05) is 72.8 Å². The predicted octanol–water partition coefficient (Wildman–Crippen LogP) is 4.71. The topological polar surface area (TPSA) is 55.8 Å². The van der Waals surface area contributed by atoms with E-state index in [1.54, 1.807) is 4.90 Å². The summed E-state index contributed by atoms with van der Waals surface area (Å²) < 4.78 is 24.0. The second-order valence-electron chi connectivity index (χ2n) is 6.10. The molecule has 1 amide bonds. The van der Waals surface area contributed by atoms with Crippen LogP contribution in [0.2, 0.25) is 0 Å². The van der Waals surface area contributed by atoms with Gasteiger partial charge in [0.2, 0.25) is 5.91 Å². The molecule has 1 atom stereocenters. The van der Waals surface area contributed by atoms with Crippen molar-refractivity contribution in [1.82, 2.24) is 0 Å². The first-order valence-corrected chi connectivity index (χ1v) is 9.92. The molecule has 1 fully saturated rings. The van der Waals surface area contributed by atoms with Crippen molar-refractivity contribution in [2.45, 2.75) is 18.1 Å². The number of amides is 1. The molecule has 1 aliphatic rings. The predicted molar refractivity (Wildman–Crippen MR) is 103 cm³/mol. The number of hydrogen-bond donors (Lipinski definition) is 0. The molecule has 1 heterocycles. The summed E-state index contributed by atoms with van der Waals surface area (Å²) >= 11 is 0. The second-order valence-corrected chi connectivity index (χ2v) is 8.66. The van der Waals surface area contributed by atoms with Gasteiger partial charge in [0.1, 0.15) is 0 Å². The fourth-order valence-electron chi connectivity index (χ4n) is 3.36. The number of carbonyl (C=O) groups is 1. The lowest BCUT2D eigenvalue weighted by Crippen LogP contribution is -2.63. The van der Waals surface area contributed by atoms with E-state index in [1.165, 1.54) is 14.2 Å².